The van der Waals surface area contributed by atoms with E-state index in [-0.39, 0.29) is 0 Å². The molecule has 3 heterocycles. The summed E-state index contributed by atoms with van der Waals surface area (Å²) in [6.45, 7) is 5.69. The van der Waals surface area contributed by atoms with Gasteiger partial charge in [-0.25, -0.2) is 4.98 Å². The zero-order valence-electron chi connectivity index (χ0n) is 13.4. The lowest BCUT2D eigenvalue weighted by Gasteiger charge is -2.18. The SMILES string of the molecule is Cc1cncc(-c2nc(CN(C)CC(C)c3nccs3)no2)c1. The Bertz CT molecular complexity index is 755. The number of hydrogen-bond acceptors (Lipinski definition) is 7. The zero-order chi connectivity index (χ0) is 16.2. The van der Waals surface area contributed by atoms with Gasteiger partial charge in [-0.15, -0.1) is 11.3 Å². The van der Waals surface area contributed by atoms with Crippen molar-refractivity contribution in [1.29, 1.82) is 0 Å². The minimum Gasteiger partial charge on any atom is -0.334 e. The van der Waals surface area contributed by atoms with Gasteiger partial charge in [0.1, 0.15) is 0 Å². The lowest BCUT2D eigenvalue weighted by Crippen LogP contribution is -2.23. The van der Waals surface area contributed by atoms with Crippen molar-refractivity contribution in [2.24, 2.45) is 0 Å². The van der Waals surface area contributed by atoms with Crippen molar-refractivity contribution in [2.75, 3.05) is 13.6 Å². The summed E-state index contributed by atoms with van der Waals surface area (Å²) in [5.41, 5.74) is 1.92. The van der Waals surface area contributed by atoms with Gasteiger partial charge in [0.05, 0.1) is 17.1 Å². The minimum atomic E-state index is 0.382. The van der Waals surface area contributed by atoms with Crippen LogP contribution in [0.25, 0.3) is 11.5 Å². The molecule has 0 aliphatic heterocycles. The second-order valence-corrected chi connectivity index (χ2v) is 6.66. The molecule has 0 aliphatic carbocycles. The van der Waals surface area contributed by atoms with Gasteiger partial charge in [0.15, 0.2) is 5.82 Å². The number of thiazole rings is 1. The standard InChI is InChI=1S/C16H19N5OS/c1-11-6-13(8-17-7-11)15-19-14(20-22-15)10-21(3)9-12(2)16-18-4-5-23-16/h4-8,12H,9-10H2,1-3H3. The third-order valence-corrected chi connectivity index (χ3v) is 4.47. The molecule has 0 spiro atoms. The summed E-state index contributed by atoms with van der Waals surface area (Å²) in [6.07, 6.45) is 5.38. The van der Waals surface area contributed by atoms with E-state index >= 15 is 0 Å². The quantitative estimate of drug-likeness (QED) is 0.692. The Kier molecular flexibility index (Phi) is 4.78. The van der Waals surface area contributed by atoms with Crippen LogP contribution in [0.3, 0.4) is 0 Å². The van der Waals surface area contributed by atoms with Gasteiger partial charge in [-0.2, -0.15) is 4.98 Å². The number of likely N-dealkylation sites (N-methyl/N-ethyl adjacent to an activating group) is 1. The van der Waals surface area contributed by atoms with E-state index in [1.54, 1.807) is 23.7 Å². The molecule has 6 nitrogen and oxygen atoms in total. The molecule has 0 saturated heterocycles. The molecule has 0 bridgehead atoms. The number of rotatable bonds is 6. The van der Waals surface area contributed by atoms with E-state index in [0.717, 1.165) is 22.7 Å². The molecule has 1 atom stereocenters. The molecular weight excluding hydrogens is 310 g/mol. The maximum absolute atomic E-state index is 5.35. The van der Waals surface area contributed by atoms with Gasteiger partial charge >= 0.3 is 0 Å². The normalized spacial score (nSPS) is 12.7. The molecule has 3 aromatic heterocycles. The molecule has 0 aliphatic rings. The van der Waals surface area contributed by atoms with Crippen LogP contribution >= 0.6 is 11.3 Å². The number of nitrogens with zero attached hydrogens (tertiary/aromatic N) is 5. The largest absolute Gasteiger partial charge is 0.334 e. The monoisotopic (exact) mass is 329 g/mol. The van der Waals surface area contributed by atoms with Gasteiger partial charge in [0, 0.05) is 36.4 Å². The van der Waals surface area contributed by atoms with E-state index in [0.29, 0.717) is 24.2 Å². The topological polar surface area (TPSA) is 67.9 Å². The summed E-state index contributed by atoms with van der Waals surface area (Å²) >= 11 is 1.69. The molecule has 1 unspecified atom stereocenters. The van der Waals surface area contributed by atoms with Crippen LogP contribution in [0.5, 0.6) is 0 Å². The van der Waals surface area contributed by atoms with E-state index in [2.05, 4.69) is 31.9 Å². The van der Waals surface area contributed by atoms with Gasteiger partial charge in [-0.05, 0) is 25.6 Å². The molecule has 0 radical (unpaired) electrons. The molecule has 0 N–H and O–H groups in total. The van der Waals surface area contributed by atoms with Crippen LogP contribution in [-0.2, 0) is 6.54 Å². The first-order chi connectivity index (χ1) is 11.1. The fourth-order valence-electron chi connectivity index (χ4n) is 2.44. The Morgan fingerprint density at radius 3 is 2.96 bits per heavy atom. The first-order valence-electron chi connectivity index (χ1n) is 7.44. The van der Waals surface area contributed by atoms with Gasteiger partial charge in [-0.1, -0.05) is 12.1 Å². The first-order valence-corrected chi connectivity index (χ1v) is 8.32. The van der Waals surface area contributed by atoms with Gasteiger partial charge < -0.3 is 4.52 Å². The van der Waals surface area contributed by atoms with Crippen LogP contribution in [-0.4, -0.2) is 38.6 Å². The van der Waals surface area contributed by atoms with Crippen molar-refractivity contribution < 1.29 is 4.52 Å². The lowest BCUT2D eigenvalue weighted by molar-refractivity contribution is 0.294. The summed E-state index contributed by atoms with van der Waals surface area (Å²) in [7, 11) is 2.05. The molecule has 3 rings (SSSR count). The molecule has 7 heteroatoms. The Balaban J connectivity index is 1.62. The molecule has 120 valence electrons. The van der Waals surface area contributed by atoms with Crippen LogP contribution in [0.2, 0.25) is 0 Å². The van der Waals surface area contributed by atoms with E-state index in [1.807, 2.05) is 31.6 Å². The van der Waals surface area contributed by atoms with Gasteiger partial charge in [0.2, 0.25) is 0 Å². The Morgan fingerprint density at radius 1 is 1.35 bits per heavy atom. The van der Waals surface area contributed by atoms with E-state index in [9.17, 15) is 0 Å². The van der Waals surface area contributed by atoms with Crippen molar-refractivity contribution in [3.05, 3.63) is 46.4 Å². The highest BCUT2D eigenvalue weighted by Crippen LogP contribution is 2.20. The van der Waals surface area contributed by atoms with Crippen molar-refractivity contribution in [3.8, 4) is 11.5 Å². The average molecular weight is 329 g/mol. The van der Waals surface area contributed by atoms with Crippen LogP contribution < -0.4 is 0 Å². The summed E-state index contributed by atoms with van der Waals surface area (Å²) in [4.78, 5) is 15.2. The lowest BCUT2D eigenvalue weighted by atomic mass is 10.2. The van der Waals surface area contributed by atoms with Crippen LogP contribution in [0, 0.1) is 6.92 Å². The maximum atomic E-state index is 5.35. The number of hydrogen-bond donors (Lipinski definition) is 0. The van der Waals surface area contributed by atoms with Gasteiger partial charge in [0.25, 0.3) is 5.89 Å². The molecule has 0 aromatic carbocycles. The number of aromatic nitrogens is 4. The average Bonchev–Trinajstić information content (AvgIpc) is 3.18. The third-order valence-electron chi connectivity index (χ3n) is 3.46. The number of pyridine rings is 1. The van der Waals surface area contributed by atoms with E-state index in [4.69, 9.17) is 4.52 Å². The first kappa shape index (κ1) is 15.8. The second-order valence-electron chi connectivity index (χ2n) is 5.73. The second kappa shape index (κ2) is 6.97. The molecule has 23 heavy (non-hydrogen) atoms. The third kappa shape index (κ3) is 4.00. The predicted octanol–water partition coefficient (Wildman–Crippen LogP) is 3.13. The Hall–Kier alpha value is -2.12. The molecule has 0 saturated carbocycles. The Labute approximate surface area is 139 Å². The van der Waals surface area contributed by atoms with Crippen molar-refractivity contribution in [1.82, 2.24) is 25.0 Å². The fraction of sp³-hybridized carbons (Fsp3) is 0.375. The summed E-state index contributed by atoms with van der Waals surface area (Å²) in [5, 5.41) is 7.22. The van der Waals surface area contributed by atoms with E-state index < -0.39 is 0 Å². The fourth-order valence-corrected chi connectivity index (χ4v) is 3.13. The number of aryl methyl sites for hydroxylation is 1. The zero-order valence-corrected chi connectivity index (χ0v) is 14.2. The Morgan fingerprint density at radius 2 is 2.22 bits per heavy atom. The molecule has 3 aromatic rings. The summed E-state index contributed by atoms with van der Waals surface area (Å²) in [5.74, 6) is 1.57. The highest BCUT2D eigenvalue weighted by molar-refractivity contribution is 7.09. The highest BCUT2D eigenvalue weighted by Gasteiger charge is 2.15. The maximum Gasteiger partial charge on any atom is 0.259 e. The minimum absolute atomic E-state index is 0.382. The van der Waals surface area contributed by atoms with Crippen LogP contribution in [0.1, 0.15) is 29.2 Å². The van der Waals surface area contributed by atoms with Crippen LogP contribution in [0.15, 0.2) is 34.6 Å². The van der Waals surface area contributed by atoms with E-state index in [1.165, 1.54) is 0 Å². The summed E-state index contributed by atoms with van der Waals surface area (Å²) < 4.78 is 5.35. The van der Waals surface area contributed by atoms with Crippen molar-refractivity contribution in [3.63, 3.8) is 0 Å². The van der Waals surface area contributed by atoms with Gasteiger partial charge in [-0.3, -0.25) is 9.88 Å². The van der Waals surface area contributed by atoms with Crippen molar-refractivity contribution >= 4 is 11.3 Å². The van der Waals surface area contributed by atoms with Crippen molar-refractivity contribution in [2.45, 2.75) is 26.3 Å². The van der Waals surface area contributed by atoms with Crippen LogP contribution in [0.4, 0.5) is 0 Å². The predicted molar refractivity (Wildman–Crippen MR) is 89.1 cm³/mol. The smallest absolute Gasteiger partial charge is 0.259 e. The summed E-state index contributed by atoms with van der Waals surface area (Å²) in [6, 6.07) is 1.98. The highest BCUT2D eigenvalue weighted by atomic mass is 32.1. The molecule has 0 fully saturated rings. The molecule has 0 amide bonds. The molecular formula is C16H19N5OS.